The number of guanidine groups is 1. The zero-order chi connectivity index (χ0) is 22.4. The highest BCUT2D eigenvalue weighted by Crippen LogP contribution is 2.47. The second-order valence-corrected chi connectivity index (χ2v) is 9.26. The van der Waals surface area contributed by atoms with Gasteiger partial charge in [0, 0.05) is 13.5 Å². The largest absolute Gasteiger partial charge is 0.472 e. The fraction of sp³-hybridized carbons (Fsp3) is 0.250. The Morgan fingerprint density at radius 1 is 1.39 bits per heavy atom. The Balaban J connectivity index is 1.67. The molecule has 0 saturated carbocycles. The molecule has 11 heteroatoms. The summed E-state index contributed by atoms with van der Waals surface area (Å²) in [7, 11) is -2.39. The Labute approximate surface area is 177 Å². The molecule has 1 atom stereocenters. The molecule has 31 heavy (non-hydrogen) atoms. The van der Waals surface area contributed by atoms with E-state index >= 15 is 0 Å². The third kappa shape index (κ3) is 3.65. The molecule has 2 heterocycles. The predicted octanol–water partition coefficient (Wildman–Crippen LogP) is 1.99. The van der Waals surface area contributed by atoms with Crippen LogP contribution in [0.15, 0.2) is 42.2 Å². The number of ether oxygens (including phenoxy) is 1. The van der Waals surface area contributed by atoms with E-state index in [-0.39, 0.29) is 41.9 Å². The van der Waals surface area contributed by atoms with Gasteiger partial charge in [-0.1, -0.05) is 12.7 Å². The molecule has 2 aromatic rings. The minimum atomic E-state index is -3.70. The van der Waals surface area contributed by atoms with Crippen molar-refractivity contribution >= 4 is 27.9 Å². The first-order chi connectivity index (χ1) is 14.6. The van der Waals surface area contributed by atoms with Gasteiger partial charge in [0.2, 0.25) is 21.9 Å². The zero-order valence-electron chi connectivity index (χ0n) is 16.5. The van der Waals surface area contributed by atoms with Crippen LogP contribution >= 0.6 is 0 Å². The lowest BCUT2D eigenvalue weighted by atomic mass is 9.71. The number of rotatable bonds is 5. The lowest BCUT2D eigenvalue weighted by Gasteiger charge is -2.44. The molecular formula is C20H19F2N5O3S. The molecule has 0 bridgehead atoms. The van der Waals surface area contributed by atoms with Crippen LogP contribution in [-0.4, -0.2) is 48.1 Å². The van der Waals surface area contributed by atoms with Crippen molar-refractivity contribution in [2.45, 2.75) is 12.0 Å². The number of hydrogen-bond acceptors (Lipinski definition) is 7. The first-order valence-electron chi connectivity index (χ1n) is 9.23. The highest BCUT2D eigenvalue weighted by molar-refractivity contribution is 7.89. The Kier molecular flexibility index (Phi) is 5.00. The Morgan fingerprint density at radius 2 is 2.16 bits per heavy atom. The van der Waals surface area contributed by atoms with Crippen molar-refractivity contribution in [3.8, 4) is 5.88 Å². The van der Waals surface area contributed by atoms with Gasteiger partial charge in [-0.05, 0) is 34.9 Å². The molecule has 0 radical (unpaired) electrons. The van der Waals surface area contributed by atoms with Crippen molar-refractivity contribution in [2.24, 2.45) is 10.7 Å². The monoisotopic (exact) mass is 447 g/mol. The summed E-state index contributed by atoms with van der Waals surface area (Å²) in [6.07, 6.45) is 5.19. The molecule has 1 aromatic heterocycles. The van der Waals surface area contributed by atoms with E-state index in [0.29, 0.717) is 11.1 Å². The Morgan fingerprint density at radius 3 is 2.81 bits per heavy atom. The minimum absolute atomic E-state index is 0.0621. The van der Waals surface area contributed by atoms with Gasteiger partial charge in [-0.2, -0.15) is 0 Å². The number of benzene rings is 1. The van der Waals surface area contributed by atoms with Crippen LogP contribution in [0.2, 0.25) is 0 Å². The van der Waals surface area contributed by atoms with Crippen LogP contribution in [0.3, 0.4) is 0 Å². The smallest absolute Gasteiger partial charge is 0.239 e. The van der Waals surface area contributed by atoms with Crippen LogP contribution in [0.5, 0.6) is 5.88 Å². The fourth-order valence-electron chi connectivity index (χ4n) is 3.59. The summed E-state index contributed by atoms with van der Waals surface area (Å²) in [6.45, 7) is 3.75. The van der Waals surface area contributed by atoms with Crippen molar-refractivity contribution < 1.29 is 21.9 Å². The van der Waals surface area contributed by atoms with Crippen molar-refractivity contribution in [2.75, 3.05) is 19.4 Å². The summed E-state index contributed by atoms with van der Waals surface area (Å²) in [4.78, 5) is 12.2. The van der Waals surface area contributed by atoms with Gasteiger partial charge in [0.1, 0.15) is 23.7 Å². The SMILES string of the molecule is C=CCOc1cnc(/C(F)=C/c2cc(F)c3c(c2)[C@]2(C3)CS(=O)(=O)N(C)C(N)=N2)cn1. The van der Waals surface area contributed by atoms with E-state index in [1.54, 1.807) is 0 Å². The normalized spacial score (nSPS) is 21.8. The van der Waals surface area contributed by atoms with Crippen LogP contribution in [-0.2, 0) is 22.0 Å². The van der Waals surface area contributed by atoms with E-state index in [9.17, 15) is 17.2 Å². The molecule has 8 nitrogen and oxygen atoms in total. The first kappa shape index (κ1) is 20.9. The highest BCUT2D eigenvalue weighted by Gasteiger charge is 2.51. The molecule has 2 N–H and O–H groups in total. The van der Waals surface area contributed by atoms with Gasteiger partial charge in [0.15, 0.2) is 5.83 Å². The molecule has 0 amide bonds. The summed E-state index contributed by atoms with van der Waals surface area (Å²) < 4.78 is 60.2. The van der Waals surface area contributed by atoms with Gasteiger partial charge in [-0.15, -0.1) is 0 Å². The van der Waals surface area contributed by atoms with Crippen molar-refractivity contribution in [1.29, 1.82) is 0 Å². The third-order valence-electron chi connectivity index (χ3n) is 5.19. The molecule has 4 rings (SSSR count). The summed E-state index contributed by atoms with van der Waals surface area (Å²) in [5.41, 5.74) is 5.46. The van der Waals surface area contributed by atoms with Crippen LogP contribution in [0.4, 0.5) is 8.78 Å². The number of fused-ring (bicyclic) bond motifs is 2. The molecule has 0 saturated heterocycles. The second-order valence-electron chi connectivity index (χ2n) is 7.26. The Hall–Kier alpha value is -3.34. The van der Waals surface area contributed by atoms with Gasteiger partial charge >= 0.3 is 0 Å². The van der Waals surface area contributed by atoms with Crippen molar-refractivity contribution in [3.05, 3.63) is 65.4 Å². The molecule has 0 unspecified atom stereocenters. The molecule has 1 aromatic carbocycles. The van der Waals surface area contributed by atoms with Crippen LogP contribution in [0.1, 0.15) is 22.4 Å². The summed E-state index contributed by atoms with van der Waals surface area (Å²) >= 11 is 0. The van der Waals surface area contributed by atoms with Crippen molar-refractivity contribution in [1.82, 2.24) is 14.3 Å². The number of hydrogen-bond donors (Lipinski definition) is 1. The third-order valence-corrected chi connectivity index (χ3v) is 7.06. The number of halogens is 2. The van der Waals surface area contributed by atoms with Gasteiger partial charge in [0.25, 0.3) is 0 Å². The molecule has 1 spiro atoms. The van der Waals surface area contributed by atoms with Gasteiger partial charge in [-0.25, -0.2) is 36.5 Å². The van der Waals surface area contributed by atoms with Gasteiger partial charge in [-0.3, -0.25) is 0 Å². The maximum absolute atomic E-state index is 14.7. The maximum Gasteiger partial charge on any atom is 0.239 e. The average molecular weight is 447 g/mol. The number of nitrogens with zero attached hydrogens (tertiary/aromatic N) is 4. The Bertz CT molecular complexity index is 1230. The van der Waals surface area contributed by atoms with Crippen molar-refractivity contribution in [3.63, 3.8) is 0 Å². The summed E-state index contributed by atoms with van der Waals surface area (Å²) in [6, 6.07) is 2.70. The number of nitrogens with two attached hydrogens (primary N) is 1. The topological polar surface area (TPSA) is 111 Å². The van der Waals surface area contributed by atoms with Crippen LogP contribution in [0, 0.1) is 5.82 Å². The van der Waals surface area contributed by atoms with Gasteiger partial charge in [0.05, 0.1) is 18.1 Å². The molecule has 1 aliphatic carbocycles. The number of aliphatic imine (C=N–C) groups is 1. The molecular weight excluding hydrogens is 428 g/mol. The van der Waals surface area contributed by atoms with E-state index in [1.165, 1.54) is 37.7 Å². The van der Waals surface area contributed by atoms with E-state index in [2.05, 4.69) is 21.5 Å². The number of aromatic nitrogens is 2. The quantitative estimate of drug-likeness (QED) is 0.702. The van der Waals surface area contributed by atoms with E-state index in [4.69, 9.17) is 10.5 Å². The van der Waals surface area contributed by atoms with Crippen LogP contribution < -0.4 is 10.5 Å². The van der Waals surface area contributed by atoms with E-state index < -0.39 is 27.2 Å². The van der Waals surface area contributed by atoms with Crippen LogP contribution in [0.25, 0.3) is 11.9 Å². The highest BCUT2D eigenvalue weighted by atomic mass is 32.2. The lowest BCUT2D eigenvalue weighted by Crippen LogP contribution is -2.55. The number of sulfonamides is 1. The fourth-order valence-corrected chi connectivity index (χ4v) is 5.03. The predicted molar refractivity (Wildman–Crippen MR) is 112 cm³/mol. The molecule has 1 aliphatic heterocycles. The van der Waals surface area contributed by atoms with E-state index in [1.807, 2.05) is 0 Å². The van der Waals surface area contributed by atoms with Gasteiger partial charge < -0.3 is 10.5 Å². The lowest BCUT2D eigenvalue weighted by molar-refractivity contribution is 0.347. The average Bonchev–Trinajstić information content (AvgIpc) is 2.72. The zero-order valence-corrected chi connectivity index (χ0v) is 17.4. The minimum Gasteiger partial charge on any atom is -0.472 e. The molecule has 162 valence electrons. The first-order valence-corrected chi connectivity index (χ1v) is 10.8. The summed E-state index contributed by atoms with van der Waals surface area (Å²) in [5, 5.41) is 0. The summed E-state index contributed by atoms with van der Waals surface area (Å²) in [5.74, 6) is -1.60. The molecule has 0 fully saturated rings. The standard InChI is InChI=1S/C20H19F2N5O3S/c1-3-4-30-18-10-24-17(9-25-18)16(22)7-12-5-14-13(15(21)6-12)8-20(14)11-31(28,29)27(2)19(23)26-20/h3,5-7,9-10H,1,4,8,11H2,2H3,(H2,23,26)/b16-7-/t20-/m0/s1. The molecule has 2 aliphatic rings. The second kappa shape index (κ2) is 7.41. The maximum atomic E-state index is 14.7. The van der Waals surface area contributed by atoms with E-state index in [0.717, 1.165) is 10.4 Å².